The van der Waals surface area contributed by atoms with Crippen molar-refractivity contribution >= 4 is 18.3 Å². The van der Waals surface area contributed by atoms with Gasteiger partial charge in [-0.25, -0.2) is 0 Å². The fraction of sp³-hybridized carbons (Fsp3) is 0.765. The second-order valence-corrected chi connectivity index (χ2v) is 7.03. The van der Waals surface area contributed by atoms with Gasteiger partial charge in [0, 0.05) is 25.7 Å². The Kier molecular flexibility index (Phi) is 7.25. The van der Waals surface area contributed by atoms with Crippen LogP contribution in [0.25, 0.3) is 0 Å². The molecule has 7 nitrogen and oxygen atoms in total. The van der Waals surface area contributed by atoms with Gasteiger partial charge in [-0.3, -0.25) is 9.48 Å². The molecule has 0 radical (unpaired) electrons. The van der Waals surface area contributed by atoms with Gasteiger partial charge in [-0.05, 0) is 38.3 Å². The summed E-state index contributed by atoms with van der Waals surface area (Å²) in [5.41, 5.74) is 0.479. The van der Waals surface area contributed by atoms with Crippen LogP contribution < -0.4 is 10.6 Å². The van der Waals surface area contributed by atoms with E-state index in [1.165, 1.54) is 0 Å². The molecule has 0 saturated carbocycles. The maximum Gasteiger partial charge on any atom is 0.271 e. The molecule has 2 N–H and O–H groups in total. The maximum absolute atomic E-state index is 12.3. The summed E-state index contributed by atoms with van der Waals surface area (Å²) < 4.78 is 13.1. The average Bonchev–Trinajstić information content (AvgIpc) is 3.23. The summed E-state index contributed by atoms with van der Waals surface area (Å²) in [4.78, 5) is 12.3. The van der Waals surface area contributed by atoms with Crippen LogP contribution in [0.1, 0.15) is 49.6 Å². The van der Waals surface area contributed by atoms with Gasteiger partial charge in [0.05, 0.1) is 19.3 Å². The first-order valence-corrected chi connectivity index (χ1v) is 8.88. The topological polar surface area (TPSA) is 77.4 Å². The molecule has 1 aromatic heterocycles. The Morgan fingerprint density at radius 1 is 1.52 bits per heavy atom. The first kappa shape index (κ1) is 20.2. The number of halogens is 1. The van der Waals surface area contributed by atoms with Gasteiger partial charge in [0.1, 0.15) is 5.69 Å². The number of hydrogen-bond acceptors (Lipinski definition) is 5. The fourth-order valence-electron chi connectivity index (χ4n) is 3.46. The Balaban J connectivity index is 0.00000225. The summed E-state index contributed by atoms with van der Waals surface area (Å²) in [5, 5.41) is 10.8. The van der Waals surface area contributed by atoms with Crippen molar-refractivity contribution in [2.24, 2.45) is 5.92 Å². The van der Waals surface area contributed by atoms with Crippen molar-refractivity contribution in [2.45, 2.75) is 44.9 Å². The molecule has 0 aliphatic carbocycles. The van der Waals surface area contributed by atoms with E-state index < -0.39 is 5.79 Å². The summed E-state index contributed by atoms with van der Waals surface area (Å²) in [6, 6.07) is 2.13. The average molecular weight is 373 g/mol. The minimum atomic E-state index is -0.514. The van der Waals surface area contributed by atoms with Crippen LogP contribution in [0, 0.1) is 5.92 Å². The van der Waals surface area contributed by atoms with Crippen molar-refractivity contribution in [2.75, 3.05) is 32.8 Å². The van der Waals surface area contributed by atoms with Gasteiger partial charge in [-0.15, -0.1) is 12.4 Å². The smallest absolute Gasteiger partial charge is 0.271 e. The molecule has 3 rings (SSSR count). The van der Waals surface area contributed by atoms with E-state index in [4.69, 9.17) is 9.47 Å². The minimum absolute atomic E-state index is 0. The van der Waals surface area contributed by atoms with Crippen LogP contribution in [0.3, 0.4) is 0 Å². The number of hydrogen-bond donors (Lipinski definition) is 2. The van der Waals surface area contributed by atoms with Crippen molar-refractivity contribution in [1.29, 1.82) is 0 Å². The molecule has 3 heterocycles. The highest BCUT2D eigenvalue weighted by molar-refractivity contribution is 5.92. The van der Waals surface area contributed by atoms with Crippen LogP contribution in [-0.2, 0) is 9.47 Å². The molecule has 0 bridgehead atoms. The molecule has 2 aliphatic rings. The van der Waals surface area contributed by atoms with Gasteiger partial charge >= 0.3 is 0 Å². The Bertz CT molecular complexity index is 554. The summed E-state index contributed by atoms with van der Waals surface area (Å²) in [5.74, 6) is -0.371. The lowest BCUT2D eigenvalue weighted by Crippen LogP contribution is -2.35. The third-order valence-corrected chi connectivity index (χ3v) is 4.71. The van der Waals surface area contributed by atoms with Gasteiger partial charge in [-0.1, -0.05) is 6.92 Å². The molecule has 1 amide bonds. The van der Waals surface area contributed by atoms with E-state index in [0.29, 0.717) is 31.5 Å². The molecule has 25 heavy (non-hydrogen) atoms. The molecule has 0 spiro atoms. The van der Waals surface area contributed by atoms with Gasteiger partial charge < -0.3 is 20.1 Å². The summed E-state index contributed by atoms with van der Waals surface area (Å²) in [6.07, 6.45) is 4.91. The zero-order chi connectivity index (χ0) is 17.0. The number of nitrogens with one attached hydrogen (secondary N) is 2. The van der Waals surface area contributed by atoms with Crippen molar-refractivity contribution in [3.8, 4) is 0 Å². The predicted octanol–water partition coefficient (Wildman–Crippen LogP) is 1.75. The van der Waals surface area contributed by atoms with E-state index in [1.54, 1.807) is 6.07 Å². The van der Waals surface area contributed by atoms with Gasteiger partial charge in [0.15, 0.2) is 5.79 Å². The number of carbonyl (C=O) groups excluding carboxylic acids is 1. The summed E-state index contributed by atoms with van der Waals surface area (Å²) >= 11 is 0. The van der Waals surface area contributed by atoms with E-state index in [9.17, 15) is 4.79 Å². The fourth-order valence-corrected chi connectivity index (χ4v) is 3.46. The Morgan fingerprint density at radius 2 is 2.28 bits per heavy atom. The van der Waals surface area contributed by atoms with E-state index in [1.807, 2.05) is 17.8 Å². The zero-order valence-corrected chi connectivity index (χ0v) is 15.8. The van der Waals surface area contributed by atoms with E-state index >= 15 is 0 Å². The first-order valence-electron chi connectivity index (χ1n) is 8.88. The Labute approximate surface area is 155 Å². The second kappa shape index (κ2) is 8.98. The second-order valence-electron chi connectivity index (χ2n) is 7.03. The normalized spacial score (nSPS) is 23.7. The maximum atomic E-state index is 12.3. The number of carbonyl (C=O) groups is 1. The molecule has 2 atom stereocenters. The predicted molar refractivity (Wildman–Crippen MR) is 97.0 cm³/mol. The van der Waals surface area contributed by atoms with Crippen LogP contribution in [-0.4, -0.2) is 54.3 Å². The lowest BCUT2D eigenvalue weighted by molar-refractivity contribution is -0.153. The molecule has 0 aromatic carbocycles. The molecule has 2 fully saturated rings. The van der Waals surface area contributed by atoms with Crippen LogP contribution in [0.5, 0.6) is 0 Å². The third-order valence-electron chi connectivity index (χ3n) is 4.71. The van der Waals surface area contributed by atoms with Gasteiger partial charge in [-0.2, -0.15) is 5.10 Å². The Morgan fingerprint density at radius 3 is 2.96 bits per heavy atom. The number of amides is 1. The monoisotopic (exact) mass is 372 g/mol. The molecular formula is C17H29ClN4O3. The van der Waals surface area contributed by atoms with E-state index in [0.717, 1.165) is 32.4 Å². The lowest BCUT2D eigenvalue weighted by Gasteiger charge is -2.25. The molecule has 2 aliphatic heterocycles. The number of nitrogens with zero attached hydrogens (tertiary/aromatic N) is 2. The molecular weight excluding hydrogens is 344 g/mol. The van der Waals surface area contributed by atoms with Crippen LogP contribution in [0.15, 0.2) is 12.3 Å². The molecule has 2 unspecified atom stereocenters. The standard InChI is InChI=1S/C17H28N4O3.ClH/c1-13(10-17(2)23-8-9-24-17)11-19-16(22)15-5-7-21(20-15)14-4-3-6-18-12-14;/h5,7,13-14,18H,3-4,6,8-12H2,1-2H3,(H,19,22);1H. The highest BCUT2D eigenvalue weighted by Gasteiger charge is 2.32. The number of ether oxygens (including phenoxy) is 2. The van der Waals surface area contributed by atoms with Crippen molar-refractivity contribution in [1.82, 2.24) is 20.4 Å². The van der Waals surface area contributed by atoms with E-state index in [-0.39, 0.29) is 24.2 Å². The zero-order valence-electron chi connectivity index (χ0n) is 15.0. The van der Waals surface area contributed by atoms with Crippen LogP contribution >= 0.6 is 12.4 Å². The molecule has 142 valence electrons. The number of aromatic nitrogens is 2. The number of rotatable bonds is 6. The molecule has 1 aromatic rings. The quantitative estimate of drug-likeness (QED) is 0.795. The largest absolute Gasteiger partial charge is 0.350 e. The SMILES string of the molecule is CC(CNC(=O)c1ccn(C2CCCNC2)n1)CC1(C)OCCO1.Cl. The highest BCUT2D eigenvalue weighted by Crippen LogP contribution is 2.26. The lowest BCUT2D eigenvalue weighted by atomic mass is 10.0. The van der Waals surface area contributed by atoms with Crippen molar-refractivity contribution in [3.05, 3.63) is 18.0 Å². The van der Waals surface area contributed by atoms with Gasteiger partial charge in [0.25, 0.3) is 5.91 Å². The summed E-state index contributed by atoms with van der Waals surface area (Å²) in [7, 11) is 0. The third kappa shape index (κ3) is 5.41. The Hall–Kier alpha value is -1.15. The molecule has 2 saturated heterocycles. The van der Waals surface area contributed by atoms with Crippen molar-refractivity contribution in [3.63, 3.8) is 0 Å². The van der Waals surface area contributed by atoms with Crippen molar-refractivity contribution < 1.29 is 14.3 Å². The molecule has 8 heteroatoms. The van der Waals surface area contributed by atoms with Crippen LogP contribution in [0.2, 0.25) is 0 Å². The first-order chi connectivity index (χ1) is 11.6. The van der Waals surface area contributed by atoms with Gasteiger partial charge in [0.2, 0.25) is 0 Å². The highest BCUT2D eigenvalue weighted by atomic mass is 35.5. The van der Waals surface area contributed by atoms with Crippen LogP contribution in [0.4, 0.5) is 0 Å². The summed E-state index contributed by atoms with van der Waals surface area (Å²) in [6.45, 7) is 7.89. The minimum Gasteiger partial charge on any atom is -0.350 e. The van der Waals surface area contributed by atoms with E-state index in [2.05, 4.69) is 22.7 Å². The number of piperidine rings is 1.